The molecule has 0 spiro atoms. The maximum Gasteiger partial charge on any atom is 0.258 e. The van der Waals surface area contributed by atoms with Gasteiger partial charge in [-0.25, -0.2) is 0 Å². The van der Waals surface area contributed by atoms with Crippen molar-refractivity contribution < 1.29 is 19.1 Å². The molecule has 0 atom stereocenters. The summed E-state index contributed by atoms with van der Waals surface area (Å²) in [6.07, 6.45) is 1.82. The zero-order chi connectivity index (χ0) is 20.6. The fraction of sp³-hybridized carbons (Fsp3) is 0.391. The van der Waals surface area contributed by atoms with Crippen LogP contribution in [0.5, 0.6) is 11.5 Å². The highest BCUT2D eigenvalue weighted by atomic mass is 16.5. The Morgan fingerprint density at radius 3 is 2.41 bits per heavy atom. The van der Waals surface area contributed by atoms with Crippen LogP contribution in [0.3, 0.4) is 0 Å². The number of hydrogen-bond acceptors (Lipinski definition) is 5. The predicted octanol–water partition coefficient (Wildman–Crippen LogP) is 3.06. The summed E-state index contributed by atoms with van der Waals surface area (Å²) in [6, 6.07) is 15.1. The van der Waals surface area contributed by atoms with Gasteiger partial charge in [0.15, 0.2) is 12.4 Å². The molecular weight excluding hydrogens is 368 g/mol. The predicted molar refractivity (Wildman–Crippen MR) is 111 cm³/mol. The van der Waals surface area contributed by atoms with Gasteiger partial charge in [0.25, 0.3) is 5.91 Å². The van der Waals surface area contributed by atoms with Gasteiger partial charge in [-0.1, -0.05) is 18.2 Å². The largest absolute Gasteiger partial charge is 0.496 e. The molecule has 6 nitrogen and oxygen atoms in total. The molecule has 0 saturated carbocycles. The highest BCUT2D eigenvalue weighted by molar-refractivity contribution is 5.94. The van der Waals surface area contributed by atoms with Crippen LogP contribution in [0.15, 0.2) is 48.5 Å². The minimum atomic E-state index is -0.121. The van der Waals surface area contributed by atoms with Crippen LogP contribution in [0, 0.1) is 0 Å². The van der Waals surface area contributed by atoms with Gasteiger partial charge in [0, 0.05) is 36.8 Å². The Morgan fingerprint density at radius 1 is 1.07 bits per heavy atom. The maximum atomic E-state index is 12.2. The number of likely N-dealkylation sites (tertiary alicyclic amines) is 1. The second kappa shape index (κ2) is 10.1. The molecule has 2 aromatic rings. The molecule has 1 N–H and O–H groups in total. The number of ketones is 1. The summed E-state index contributed by atoms with van der Waals surface area (Å²) in [4.78, 5) is 25.9. The van der Waals surface area contributed by atoms with Gasteiger partial charge >= 0.3 is 0 Å². The molecule has 0 aromatic heterocycles. The maximum absolute atomic E-state index is 12.2. The monoisotopic (exact) mass is 396 g/mol. The molecule has 0 bridgehead atoms. The van der Waals surface area contributed by atoms with Gasteiger partial charge in [0.1, 0.15) is 11.5 Å². The Balaban J connectivity index is 1.39. The van der Waals surface area contributed by atoms with Gasteiger partial charge in [-0.05, 0) is 50.1 Å². The zero-order valence-electron chi connectivity index (χ0n) is 17.0. The first-order valence-corrected chi connectivity index (χ1v) is 9.92. The molecule has 1 fully saturated rings. The van der Waals surface area contributed by atoms with Crippen LogP contribution in [0.25, 0.3) is 0 Å². The summed E-state index contributed by atoms with van der Waals surface area (Å²) in [6.45, 7) is 4.20. The zero-order valence-corrected chi connectivity index (χ0v) is 17.0. The number of nitrogens with one attached hydrogen (secondary N) is 1. The molecule has 154 valence electrons. The number of carbonyl (C=O) groups excluding carboxylic acids is 2. The van der Waals surface area contributed by atoms with Gasteiger partial charge in [0.2, 0.25) is 0 Å². The molecule has 29 heavy (non-hydrogen) atoms. The third kappa shape index (κ3) is 6.06. The quantitative estimate of drug-likeness (QED) is 0.695. The van der Waals surface area contributed by atoms with Gasteiger partial charge in [-0.3, -0.25) is 14.5 Å². The average molecular weight is 396 g/mol. The van der Waals surface area contributed by atoms with E-state index < -0.39 is 0 Å². The van der Waals surface area contributed by atoms with Gasteiger partial charge in [-0.2, -0.15) is 0 Å². The highest BCUT2D eigenvalue weighted by Gasteiger charge is 2.21. The van der Waals surface area contributed by atoms with Crippen molar-refractivity contribution in [2.75, 3.05) is 26.8 Å². The second-order valence-electron chi connectivity index (χ2n) is 7.30. The first-order chi connectivity index (χ1) is 14.0. The van der Waals surface area contributed by atoms with E-state index in [4.69, 9.17) is 9.47 Å². The SMILES string of the molecule is COc1ccccc1CN1CCC(NC(=O)COc2ccc(C(C)=O)cc2)CC1. The Hall–Kier alpha value is -2.86. The number of rotatable bonds is 8. The molecule has 6 heteroatoms. The summed E-state index contributed by atoms with van der Waals surface area (Å²) in [7, 11) is 1.69. The van der Waals surface area contributed by atoms with Gasteiger partial charge in [0.05, 0.1) is 7.11 Å². The number of ether oxygens (including phenoxy) is 2. The molecule has 3 rings (SSSR count). The first-order valence-electron chi connectivity index (χ1n) is 9.92. The van der Waals surface area contributed by atoms with Crippen molar-refractivity contribution in [1.82, 2.24) is 10.2 Å². The number of methoxy groups -OCH3 is 1. The van der Waals surface area contributed by atoms with Gasteiger partial charge < -0.3 is 14.8 Å². The number of para-hydroxylation sites is 1. The van der Waals surface area contributed by atoms with E-state index in [9.17, 15) is 9.59 Å². The van der Waals surface area contributed by atoms with E-state index in [-0.39, 0.29) is 24.3 Å². The van der Waals surface area contributed by atoms with Crippen LogP contribution >= 0.6 is 0 Å². The van der Waals surface area contributed by atoms with Crippen molar-refractivity contribution in [3.8, 4) is 11.5 Å². The Morgan fingerprint density at radius 2 is 1.76 bits per heavy atom. The fourth-order valence-electron chi connectivity index (χ4n) is 3.51. The molecule has 0 aliphatic carbocycles. The molecule has 1 heterocycles. The lowest BCUT2D eigenvalue weighted by molar-refractivity contribution is -0.124. The number of benzene rings is 2. The number of hydrogen-bond donors (Lipinski definition) is 1. The van der Waals surface area contributed by atoms with E-state index in [0.29, 0.717) is 11.3 Å². The van der Waals surface area contributed by atoms with Crippen molar-refractivity contribution >= 4 is 11.7 Å². The minimum Gasteiger partial charge on any atom is -0.496 e. The van der Waals surface area contributed by atoms with Gasteiger partial charge in [-0.15, -0.1) is 0 Å². The standard InChI is InChI=1S/C23H28N2O4/c1-17(26)18-7-9-21(10-8-18)29-16-23(27)24-20-11-13-25(14-12-20)15-19-5-3-4-6-22(19)28-2/h3-10,20H,11-16H2,1-2H3,(H,24,27). The molecule has 2 aromatic carbocycles. The molecule has 1 saturated heterocycles. The number of amides is 1. The lowest BCUT2D eigenvalue weighted by atomic mass is 10.0. The van der Waals surface area contributed by atoms with Crippen LogP contribution < -0.4 is 14.8 Å². The van der Waals surface area contributed by atoms with Crippen LogP contribution in [-0.4, -0.2) is 49.4 Å². The average Bonchev–Trinajstić information content (AvgIpc) is 2.74. The van der Waals surface area contributed by atoms with E-state index in [2.05, 4.69) is 16.3 Å². The van der Waals surface area contributed by atoms with E-state index >= 15 is 0 Å². The van der Waals surface area contributed by atoms with E-state index in [1.807, 2.05) is 18.2 Å². The highest BCUT2D eigenvalue weighted by Crippen LogP contribution is 2.21. The normalized spacial score (nSPS) is 15.0. The smallest absolute Gasteiger partial charge is 0.258 e. The van der Waals surface area contributed by atoms with Crippen molar-refractivity contribution in [2.45, 2.75) is 32.4 Å². The fourth-order valence-corrected chi connectivity index (χ4v) is 3.51. The van der Waals surface area contributed by atoms with Crippen molar-refractivity contribution in [1.29, 1.82) is 0 Å². The number of piperidine rings is 1. The topological polar surface area (TPSA) is 67.9 Å². The number of nitrogens with zero attached hydrogens (tertiary/aromatic N) is 1. The molecule has 1 aliphatic rings. The second-order valence-corrected chi connectivity index (χ2v) is 7.30. The van der Waals surface area contributed by atoms with E-state index in [0.717, 1.165) is 38.2 Å². The molecule has 0 radical (unpaired) electrons. The van der Waals surface area contributed by atoms with Crippen LogP contribution in [0.1, 0.15) is 35.7 Å². The minimum absolute atomic E-state index is 0.00587. The summed E-state index contributed by atoms with van der Waals surface area (Å²) < 4.78 is 10.9. The summed E-state index contributed by atoms with van der Waals surface area (Å²) in [5.74, 6) is 1.38. The van der Waals surface area contributed by atoms with Crippen LogP contribution in [0.4, 0.5) is 0 Å². The lowest BCUT2D eigenvalue weighted by Crippen LogP contribution is -2.45. The lowest BCUT2D eigenvalue weighted by Gasteiger charge is -2.32. The van der Waals surface area contributed by atoms with Crippen LogP contribution in [-0.2, 0) is 11.3 Å². The van der Waals surface area contributed by atoms with Crippen molar-refractivity contribution in [3.63, 3.8) is 0 Å². The molecule has 0 unspecified atom stereocenters. The number of carbonyl (C=O) groups is 2. The molecular formula is C23H28N2O4. The van der Waals surface area contributed by atoms with E-state index in [1.165, 1.54) is 12.5 Å². The summed E-state index contributed by atoms with van der Waals surface area (Å²) >= 11 is 0. The summed E-state index contributed by atoms with van der Waals surface area (Å²) in [5, 5.41) is 3.06. The summed E-state index contributed by atoms with van der Waals surface area (Å²) in [5.41, 5.74) is 1.81. The third-order valence-electron chi connectivity index (χ3n) is 5.17. The molecule has 1 amide bonds. The Labute approximate surface area is 171 Å². The van der Waals surface area contributed by atoms with E-state index in [1.54, 1.807) is 31.4 Å². The Bertz CT molecular complexity index is 827. The third-order valence-corrected chi connectivity index (χ3v) is 5.17. The van der Waals surface area contributed by atoms with Crippen LogP contribution in [0.2, 0.25) is 0 Å². The Kier molecular flexibility index (Phi) is 7.25. The number of Topliss-reactive ketones (excluding diaryl/α,β-unsaturated/α-hetero) is 1. The van der Waals surface area contributed by atoms with Crippen molar-refractivity contribution in [2.24, 2.45) is 0 Å². The molecule has 1 aliphatic heterocycles. The van der Waals surface area contributed by atoms with Crippen molar-refractivity contribution in [3.05, 3.63) is 59.7 Å². The first kappa shape index (κ1) is 20.9.